The third-order valence-corrected chi connectivity index (χ3v) is 3.27. The molecule has 1 N–H and O–H groups in total. The molecule has 0 spiro atoms. The fourth-order valence-corrected chi connectivity index (χ4v) is 2.03. The first-order valence-electron chi connectivity index (χ1n) is 4.14. The molecule has 0 aliphatic heterocycles. The van der Waals surface area contributed by atoms with Crippen molar-refractivity contribution >= 4 is 25.7 Å². The van der Waals surface area contributed by atoms with Gasteiger partial charge in [0.1, 0.15) is 0 Å². The van der Waals surface area contributed by atoms with Crippen molar-refractivity contribution in [3.8, 4) is 0 Å². The van der Waals surface area contributed by atoms with Crippen LogP contribution in [0.25, 0.3) is 0 Å². The summed E-state index contributed by atoms with van der Waals surface area (Å²) in [7, 11) is 1.45. The minimum atomic E-state index is -3.67. The Morgan fingerprint density at radius 2 is 2.27 bits per heavy atom. The first-order valence-corrected chi connectivity index (χ1v) is 6.44. The van der Waals surface area contributed by atoms with E-state index in [1.807, 2.05) is 0 Å². The van der Waals surface area contributed by atoms with Gasteiger partial charge >= 0.3 is 5.97 Å². The predicted molar refractivity (Wildman–Crippen MR) is 56.9 cm³/mol. The number of halogens is 1. The Kier molecular flexibility index (Phi) is 3.71. The van der Waals surface area contributed by atoms with Crippen LogP contribution in [0.5, 0.6) is 0 Å². The van der Waals surface area contributed by atoms with Crippen molar-refractivity contribution in [2.24, 2.45) is 5.92 Å². The van der Waals surface area contributed by atoms with Crippen molar-refractivity contribution in [2.45, 2.75) is 6.42 Å². The summed E-state index contributed by atoms with van der Waals surface area (Å²) >= 11 is 0. The fourth-order valence-electron chi connectivity index (χ4n) is 1.15. The van der Waals surface area contributed by atoms with Gasteiger partial charge in [-0.3, -0.25) is 0 Å². The Morgan fingerprint density at radius 1 is 1.60 bits per heavy atom. The van der Waals surface area contributed by atoms with Crippen LogP contribution in [0.3, 0.4) is 0 Å². The lowest BCUT2D eigenvalue weighted by Gasteiger charge is -2.10. The molecule has 82 valence electrons. The molecule has 0 bridgehead atoms. The maximum Gasteiger partial charge on any atom is 0.327 e. The minimum absolute atomic E-state index is 0.0594. The van der Waals surface area contributed by atoms with E-state index in [4.69, 9.17) is 15.8 Å². The standard InChI is InChI=1S/C9H9ClO4S/c10-15(13,14)8-4-1-7(2-5-8)3-6-9(11)12/h1,3-7H,2H2,(H,11,12)/b6-3+. The maximum atomic E-state index is 10.9. The Hall–Kier alpha value is -1.07. The van der Waals surface area contributed by atoms with Gasteiger partial charge in [0.15, 0.2) is 0 Å². The molecule has 0 aromatic heterocycles. The molecule has 0 radical (unpaired) electrons. The third kappa shape index (κ3) is 3.89. The number of allylic oxidation sites excluding steroid dienone is 4. The minimum Gasteiger partial charge on any atom is -0.478 e. The smallest absolute Gasteiger partial charge is 0.327 e. The molecule has 0 heterocycles. The lowest BCUT2D eigenvalue weighted by atomic mass is 10.0. The molecule has 1 unspecified atom stereocenters. The normalized spacial score (nSPS) is 21.7. The highest BCUT2D eigenvalue weighted by atomic mass is 35.7. The van der Waals surface area contributed by atoms with Gasteiger partial charge in [-0.15, -0.1) is 0 Å². The van der Waals surface area contributed by atoms with Gasteiger partial charge in [0.05, 0.1) is 4.91 Å². The van der Waals surface area contributed by atoms with Crippen molar-refractivity contribution in [3.05, 3.63) is 35.3 Å². The maximum absolute atomic E-state index is 10.9. The predicted octanol–water partition coefficient (Wildman–Crippen LogP) is 1.66. The molecular formula is C9H9ClO4S. The average Bonchev–Trinajstić information content (AvgIpc) is 2.14. The van der Waals surface area contributed by atoms with E-state index in [9.17, 15) is 13.2 Å². The molecular weight excluding hydrogens is 240 g/mol. The molecule has 1 aliphatic carbocycles. The van der Waals surface area contributed by atoms with Crippen LogP contribution in [-0.4, -0.2) is 19.5 Å². The Bertz CT molecular complexity index is 445. The van der Waals surface area contributed by atoms with Crippen LogP contribution in [0.4, 0.5) is 0 Å². The highest BCUT2D eigenvalue weighted by molar-refractivity contribution is 8.17. The van der Waals surface area contributed by atoms with Gasteiger partial charge in [0.2, 0.25) is 0 Å². The summed E-state index contributed by atoms with van der Waals surface area (Å²) in [5, 5.41) is 8.38. The highest BCUT2D eigenvalue weighted by Crippen LogP contribution is 2.23. The second-order valence-electron chi connectivity index (χ2n) is 3.00. The molecule has 0 aromatic carbocycles. The molecule has 0 amide bonds. The Balaban J connectivity index is 2.69. The number of hydrogen-bond donors (Lipinski definition) is 1. The zero-order valence-corrected chi connectivity index (χ0v) is 9.20. The Labute approximate surface area is 92.0 Å². The van der Waals surface area contributed by atoms with E-state index in [-0.39, 0.29) is 10.8 Å². The van der Waals surface area contributed by atoms with Crippen LogP contribution < -0.4 is 0 Å². The van der Waals surface area contributed by atoms with Crippen molar-refractivity contribution in [2.75, 3.05) is 0 Å². The Morgan fingerprint density at radius 3 is 2.67 bits per heavy atom. The SMILES string of the molecule is O=C(O)/C=C/C1C=CC(S(=O)(=O)Cl)=CC1. The molecule has 0 fully saturated rings. The van der Waals surface area contributed by atoms with E-state index in [0.29, 0.717) is 6.42 Å². The van der Waals surface area contributed by atoms with Crippen molar-refractivity contribution < 1.29 is 18.3 Å². The van der Waals surface area contributed by atoms with Crippen LogP contribution in [0.2, 0.25) is 0 Å². The number of aliphatic carboxylic acids is 1. The van der Waals surface area contributed by atoms with Gasteiger partial charge < -0.3 is 5.11 Å². The number of carbonyl (C=O) groups is 1. The summed E-state index contributed by atoms with van der Waals surface area (Å²) in [5.41, 5.74) is 0. The molecule has 0 saturated carbocycles. The average molecular weight is 249 g/mol. The van der Waals surface area contributed by atoms with E-state index in [1.54, 1.807) is 6.08 Å². The van der Waals surface area contributed by atoms with Crippen molar-refractivity contribution in [3.63, 3.8) is 0 Å². The van der Waals surface area contributed by atoms with E-state index < -0.39 is 15.0 Å². The molecule has 1 atom stereocenters. The number of hydrogen-bond acceptors (Lipinski definition) is 3. The molecule has 4 nitrogen and oxygen atoms in total. The van der Waals surface area contributed by atoms with Crippen molar-refractivity contribution in [1.29, 1.82) is 0 Å². The summed E-state index contributed by atoms with van der Waals surface area (Å²) in [6.45, 7) is 0. The first kappa shape index (κ1) is 12.0. The second-order valence-corrected chi connectivity index (χ2v) is 5.57. The summed E-state index contributed by atoms with van der Waals surface area (Å²) in [6, 6.07) is 0. The van der Waals surface area contributed by atoms with Gasteiger partial charge in [-0.2, -0.15) is 0 Å². The van der Waals surface area contributed by atoms with Gasteiger partial charge in [0.25, 0.3) is 9.05 Å². The number of rotatable bonds is 3. The number of carboxylic acids is 1. The topological polar surface area (TPSA) is 71.4 Å². The van der Waals surface area contributed by atoms with Crippen LogP contribution >= 0.6 is 10.7 Å². The second kappa shape index (κ2) is 4.63. The lowest BCUT2D eigenvalue weighted by molar-refractivity contribution is -0.131. The highest BCUT2D eigenvalue weighted by Gasteiger charge is 2.15. The lowest BCUT2D eigenvalue weighted by Crippen LogP contribution is -2.01. The van der Waals surface area contributed by atoms with Gasteiger partial charge in [-0.1, -0.05) is 18.2 Å². The summed E-state index contributed by atoms with van der Waals surface area (Å²) < 4.78 is 21.8. The molecule has 1 aliphatic rings. The summed E-state index contributed by atoms with van der Waals surface area (Å²) in [6.07, 6.45) is 7.41. The van der Waals surface area contributed by atoms with Gasteiger partial charge in [0, 0.05) is 16.8 Å². The van der Waals surface area contributed by atoms with E-state index in [1.165, 1.54) is 18.2 Å². The monoisotopic (exact) mass is 248 g/mol. The van der Waals surface area contributed by atoms with Crippen LogP contribution in [0, 0.1) is 5.92 Å². The molecule has 6 heteroatoms. The van der Waals surface area contributed by atoms with Crippen LogP contribution in [-0.2, 0) is 13.8 Å². The molecule has 15 heavy (non-hydrogen) atoms. The van der Waals surface area contributed by atoms with Gasteiger partial charge in [-0.05, 0) is 18.4 Å². The molecule has 0 saturated heterocycles. The third-order valence-electron chi connectivity index (χ3n) is 1.87. The van der Waals surface area contributed by atoms with Crippen LogP contribution in [0.15, 0.2) is 35.3 Å². The summed E-state index contributed by atoms with van der Waals surface area (Å²) in [5.74, 6) is -1.12. The zero-order chi connectivity index (χ0) is 11.5. The van der Waals surface area contributed by atoms with Crippen molar-refractivity contribution in [1.82, 2.24) is 0 Å². The molecule has 0 aromatic rings. The van der Waals surface area contributed by atoms with Gasteiger partial charge in [-0.25, -0.2) is 13.2 Å². The molecule has 1 rings (SSSR count). The van der Waals surface area contributed by atoms with E-state index in [2.05, 4.69) is 0 Å². The van der Waals surface area contributed by atoms with E-state index >= 15 is 0 Å². The fraction of sp³-hybridized carbons (Fsp3) is 0.222. The quantitative estimate of drug-likeness (QED) is 0.609. The van der Waals surface area contributed by atoms with Crippen LogP contribution in [0.1, 0.15) is 6.42 Å². The largest absolute Gasteiger partial charge is 0.478 e. The summed E-state index contributed by atoms with van der Waals surface area (Å²) in [4.78, 5) is 10.3. The zero-order valence-electron chi connectivity index (χ0n) is 7.63. The first-order chi connectivity index (χ1) is 6.89. The van der Waals surface area contributed by atoms with E-state index in [0.717, 1.165) is 6.08 Å². The number of carboxylic acid groups (broad SMARTS) is 1.